The van der Waals surface area contributed by atoms with Crippen LogP contribution < -0.4 is 0 Å². The van der Waals surface area contributed by atoms with E-state index in [0.29, 0.717) is 12.0 Å². The molecule has 0 N–H and O–H groups in total. The average Bonchev–Trinajstić information content (AvgIpc) is 3.10. The minimum Gasteiger partial charge on any atom is -0.320 e. The first-order valence-electron chi connectivity index (χ1n) is 7.19. The van der Waals surface area contributed by atoms with Crippen LogP contribution >= 0.6 is 28.7 Å². The minimum atomic E-state index is -0.363. The number of hydrogen-bond donors (Lipinski definition) is 0. The minimum absolute atomic E-state index is 0. The highest BCUT2D eigenvalue weighted by Gasteiger charge is 2.37. The highest BCUT2D eigenvalue weighted by atomic mass is 79.9. The van der Waals surface area contributed by atoms with Crippen molar-refractivity contribution in [3.05, 3.63) is 45.4 Å². The SMILES string of the molecule is Br.O=[N+]([O-])c1ccc(C2=CSC3=NC4CCCC4CN23)cc1. The Morgan fingerprint density at radius 1 is 1.27 bits per heavy atom. The second-order valence-corrected chi connectivity index (χ2v) is 6.54. The van der Waals surface area contributed by atoms with Gasteiger partial charge in [-0.05, 0) is 36.5 Å². The van der Waals surface area contributed by atoms with E-state index in [-0.39, 0.29) is 27.6 Å². The summed E-state index contributed by atoms with van der Waals surface area (Å²) in [6, 6.07) is 7.30. The van der Waals surface area contributed by atoms with E-state index in [4.69, 9.17) is 4.99 Å². The average molecular weight is 382 g/mol. The van der Waals surface area contributed by atoms with E-state index in [1.54, 1.807) is 23.9 Å². The lowest BCUT2D eigenvalue weighted by atomic mass is 10.0. The van der Waals surface area contributed by atoms with Crippen molar-refractivity contribution in [2.24, 2.45) is 10.9 Å². The van der Waals surface area contributed by atoms with E-state index in [1.807, 2.05) is 12.1 Å². The van der Waals surface area contributed by atoms with Crippen molar-refractivity contribution >= 4 is 45.3 Å². The number of nitrogens with zero attached hydrogens (tertiary/aromatic N) is 3. The number of aliphatic imine (C=N–C) groups is 1. The maximum Gasteiger partial charge on any atom is 0.269 e. The Bertz CT molecular complexity index is 659. The number of nitro benzene ring substituents is 1. The Morgan fingerprint density at radius 3 is 2.77 bits per heavy atom. The van der Waals surface area contributed by atoms with Crippen LogP contribution in [0, 0.1) is 16.0 Å². The number of amidine groups is 1. The van der Waals surface area contributed by atoms with Gasteiger partial charge >= 0.3 is 0 Å². The summed E-state index contributed by atoms with van der Waals surface area (Å²) in [7, 11) is 0. The fourth-order valence-electron chi connectivity index (χ4n) is 3.37. The normalized spacial score (nSPS) is 25.7. The third kappa shape index (κ3) is 2.56. The van der Waals surface area contributed by atoms with Gasteiger partial charge in [0.25, 0.3) is 5.69 Å². The van der Waals surface area contributed by atoms with Crippen molar-refractivity contribution in [2.45, 2.75) is 25.3 Å². The molecule has 1 aromatic carbocycles. The van der Waals surface area contributed by atoms with E-state index < -0.39 is 0 Å². The molecule has 7 heteroatoms. The topological polar surface area (TPSA) is 58.7 Å². The van der Waals surface area contributed by atoms with Crippen molar-refractivity contribution in [3.8, 4) is 0 Å². The van der Waals surface area contributed by atoms with Gasteiger partial charge in [0, 0.05) is 24.1 Å². The van der Waals surface area contributed by atoms with Gasteiger partial charge in [-0.1, -0.05) is 18.2 Å². The Morgan fingerprint density at radius 2 is 2.05 bits per heavy atom. The fourth-order valence-corrected chi connectivity index (χ4v) is 4.35. The molecule has 0 amide bonds. The van der Waals surface area contributed by atoms with Crippen LogP contribution in [-0.4, -0.2) is 27.6 Å². The van der Waals surface area contributed by atoms with Gasteiger partial charge in [-0.2, -0.15) is 0 Å². The number of rotatable bonds is 2. The van der Waals surface area contributed by atoms with Crippen LogP contribution in [0.1, 0.15) is 24.8 Å². The van der Waals surface area contributed by atoms with Gasteiger partial charge < -0.3 is 4.90 Å². The molecule has 4 rings (SSSR count). The molecule has 3 aliphatic rings. The number of nitro groups is 1. The molecule has 2 atom stereocenters. The predicted molar refractivity (Wildman–Crippen MR) is 94.3 cm³/mol. The Labute approximate surface area is 143 Å². The van der Waals surface area contributed by atoms with Crippen LogP contribution in [0.25, 0.3) is 5.70 Å². The Kier molecular flexibility index (Phi) is 4.27. The second-order valence-electron chi connectivity index (χ2n) is 5.71. The van der Waals surface area contributed by atoms with Crippen LogP contribution in [0.5, 0.6) is 0 Å². The Hall–Kier alpha value is -1.34. The quantitative estimate of drug-likeness (QED) is 0.572. The summed E-state index contributed by atoms with van der Waals surface area (Å²) in [5.74, 6) is 0.661. The lowest BCUT2D eigenvalue weighted by molar-refractivity contribution is -0.384. The number of thioether (sulfide) groups is 1. The molecular weight excluding hydrogens is 366 g/mol. The molecule has 0 saturated heterocycles. The number of hydrogen-bond acceptors (Lipinski definition) is 5. The van der Waals surface area contributed by atoms with Gasteiger partial charge in [0.2, 0.25) is 0 Å². The number of benzene rings is 1. The molecular formula is C15H16BrN3O2S. The molecule has 1 saturated carbocycles. The molecule has 0 spiro atoms. The summed E-state index contributed by atoms with van der Waals surface area (Å²) >= 11 is 1.67. The van der Waals surface area contributed by atoms with Crippen LogP contribution in [-0.2, 0) is 0 Å². The zero-order valence-electron chi connectivity index (χ0n) is 11.8. The monoisotopic (exact) mass is 381 g/mol. The summed E-state index contributed by atoms with van der Waals surface area (Å²) in [5.41, 5.74) is 2.28. The molecule has 1 aliphatic carbocycles. The number of fused-ring (bicyclic) bond motifs is 2. The van der Waals surface area contributed by atoms with Gasteiger partial charge in [0.05, 0.1) is 16.7 Å². The van der Waals surface area contributed by atoms with Gasteiger partial charge in [0.15, 0.2) is 5.17 Å². The summed E-state index contributed by atoms with van der Waals surface area (Å²) < 4.78 is 0. The van der Waals surface area contributed by atoms with Crippen molar-refractivity contribution in [1.29, 1.82) is 0 Å². The Balaban J connectivity index is 0.00000144. The van der Waals surface area contributed by atoms with Crippen molar-refractivity contribution in [2.75, 3.05) is 6.54 Å². The maximum absolute atomic E-state index is 10.7. The van der Waals surface area contributed by atoms with Crippen LogP contribution in [0.4, 0.5) is 5.69 Å². The zero-order valence-corrected chi connectivity index (χ0v) is 14.4. The van der Waals surface area contributed by atoms with Crippen molar-refractivity contribution < 1.29 is 4.92 Å². The lowest BCUT2D eigenvalue weighted by Gasteiger charge is -2.32. The summed E-state index contributed by atoms with van der Waals surface area (Å²) in [5, 5.41) is 13.9. The third-order valence-electron chi connectivity index (χ3n) is 4.48. The maximum atomic E-state index is 10.7. The van der Waals surface area contributed by atoms with Crippen LogP contribution in [0.2, 0.25) is 0 Å². The van der Waals surface area contributed by atoms with E-state index >= 15 is 0 Å². The lowest BCUT2D eigenvalue weighted by Crippen LogP contribution is -2.37. The molecule has 1 aromatic rings. The van der Waals surface area contributed by atoms with Gasteiger partial charge in [-0.25, -0.2) is 0 Å². The molecule has 22 heavy (non-hydrogen) atoms. The second kappa shape index (κ2) is 6.04. The molecule has 2 aliphatic heterocycles. The van der Waals surface area contributed by atoms with E-state index in [1.165, 1.54) is 19.3 Å². The standard InChI is InChI=1S/C15H15N3O2S.BrH/c19-18(20)12-6-4-10(5-7-12)14-9-21-15-16-13-3-1-2-11(13)8-17(14)15;/h4-7,9,11,13H,1-3,8H2;1H. The molecule has 0 aromatic heterocycles. The number of halogens is 1. The first-order valence-corrected chi connectivity index (χ1v) is 8.07. The van der Waals surface area contributed by atoms with E-state index in [9.17, 15) is 10.1 Å². The molecule has 2 heterocycles. The summed E-state index contributed by atoms with van der Waals surface area (Å²) in [4.78, 5) is 17.5. The first kappa shape index (κ1) is 15.6. The summed E-state index contributed by atoms with van der Waals surface area (Å²) in [6.45, 7) is 1.03. The molecule has 0 radical (unpaired) electrons. The van der Waals surface area contributed by atoms with Crippen molar-refractivity contribution in [1.82, 2.24) is 4.90 Å². The van der Waals surface area contributed by atoms with E-state index in [0.717, 1.165) is 23.0 Å². The molecule has 116 valence electrons. The largest absolute Gasteiger partial charge is 0.320 e. The highest BCUT2D eigenvalue weighted by Crippen LogP contribution is 2.41. The van der Waals surface area contributed by atoms with Gasteiger partial charge in [0.1, 0.15) is 0 Å². The third-order valence-corrected chi connectivity index (χ3v) is 5.36. The molecule has 0 bridgehead atoms. The predicted octanol–water partition coefficient (Wildman–Crippen LogP) is 4.06. The van der Waals surface area contributed by atoms with Crippen LogP contribution in [0.3, 0.4) is 0 Å². The molecule has 2 unspecified atom stereocenters. The zero-order chi connectivity index (χ0) is 14.4. The fraction of sp³-hybridized carbons (Fsp3) is 0.400. The van der Waals surface area contributed by atoms with Gasteiger partial charge in [-0.15, -0.1) is 17.0 Å². The summed E-state index contributed by atoms with van der Waals surface area (Å²) in [6.07, 6.45) is 3.76. The van der Waals surface area contributed by atoms with Crippen molar-refractivity contribution in [3.63, 3.8) is 0 Å². The number of non-ortho nitro benzene ring substituents is 1. The van der Waals surface area contributed by atoms with Gasteiger partial charge in [-0.3, -0.25) is 15.1 Å². The highest BCUT2D eigenvalue weighted by molar-refractivity contribution is 8.93. The van der Waals surface area contributed by atoms with Crippen LogP contribution in [0.15, 0.2) is 34.7 Å². The smallest absolute Gasteiger partial charge is 0.269 e. The first-order chi connectivity index (χ1) is 10.2. The molecule has 1 fully saturated rings. The molecule has 5 nitrogen and oxygen atoms in total. The van der Waals surface area contributed by atoms with E-state index in [2.05, 4.69) is 10.3 Å².